The van der Waals surface area contributed by atoms with E-state index in [1.54, 1.807) is 43.3 Å². The molecule has 0 N–H and O–H groups in total. The normalized spacial score (nSPS) is 11.0. The van der Waals surface area contributed by atoms with Crippen LogP contribution in [0.2, 0.25) is 0 Å². The van der Waals surface area contributed by atoms with Gasteiger partial charge in [0.2, 0.25) is 0 Å². The SMILES string of the molecule is CCOc1cc(C=Nn2c(-c3ccccc3)nc3ccccc3c2=O)ccc1OC(=O)c1ccc([N+](=O)[O-])cc1. The van der Waals surface area contributed by atoms with Crippen LogP contribution in [0.15, 0.2) is 107 Å². The summed E-state index contributed by atoms with van der Waals surface area (Å²) < 4.78 is 12.4. The molecule has 0 amide bonds. The fourth-order valence-corrected chi connectivity index (χ4v) is 3.96. The monoisotopic (exact) mass is 534 g/mol. The minimum atomic E-state index is -0.696. The Kier molecular flexibility index (Phi) is 7.41. The summed E-state index contributed by atoms with van der Waals surface area (Å²) in [5, 5.41) is 15.8. The molecule has 40 heavy (non-hydrogen) atoms. The Balaban J connectivity index is 1.48. The van der Waals surface area contributed by atoms with Crippen LogP contribution < -0.4 is 15.0 Å². The van der Waals surface area contributed by atoms with E-state index < -0.39 is 10.9 Å². The highest BCUT2D eigenvalue weighted by Crippen LogP contribution is 2.29. The number of benzene rings is 4. The van der Waals surface area contributed by atoms with Gasteiger partial charge in [-0.2, -0.15) is 9.78 Å². The standard InChI is InChI=1S/C30H22N4O6/c1-2-39-27-18-20(12-17-26(27)40-30(36)22-13-15-23(16-14-22)34(37)38)19-31-33-28(21-8-4-3-5-9-21)32-25-11-7-6-10-24(25)29(33)35/h3-19H,2H2,1H3. The predicted molar refractivity (Wildman–Crippen MR) is 150 cm³/mol. The Bertz CT molecular complexity index is 1800. The molecular weight excluding hydrogens is 512 g/mol. The summed E-state index contributed by atoms with van der Waals surface area (Å²) in [5.41, 5.74) is 1.57. The zero-order valence-electron chi connectivity index (χ0n) is 21.3. The highest BCUT2D eigenvalue weighted by molar-refractivity contribution is 5.92. The fraction of sp³-hybridized carbons (Fsp3) is 0.0667. The van der Waals surface area contributed by atoms with E-state index in [0.717, 1.165) is 5.56 Å². The maximum atomic E-state index is 13.4. The number of hydrogen-bond acceptors (Lipinski definition) is 8. The summed E-state index contributed by atoms with van der Waals surface area (Å²) in [4.78, 5) is 41.0. The molecule has 0 aliphatic rings. The van der Waals surface area contributed by atoms with Crippen molar-refractivity contribution in [2.45, 2.75) is 6.92 Å². The lowest BCUT2D eigenvalue weighted by atomic mass is 10.2. The average molecular weight is 535 g/mol. The molecule has 0 atom stereocenters. The molecule has 0 fully saturated rings. The number of nitro groups is 1. The summed E-state index contributed by atoms with van der Waals surface area (Å²) in [7, 11) is 0. The third-order valence-electron chi connectivity index (χ3n) is 5.89. The van der Waals surface area contributed by atoms with Gasteiger partial charge in [-0.05, 0) is 55.0 Å². The van der Waals surface area contributed by atoms with E-state index in [9.17, 15) is 19.7 Å². The molecule has 0 bridgehead atoms. The number of fused-ring (bicyclic) bond motifs is 1. The summed E-state index contributed by atoms with van der Waals surface area (Å²) in [6.07, 6.45) is 1.49. The molecule has 0 saturated carbocycles. The summed E-state index contributed by atoms with van der Waals surface area (Å²) in [6.45, 7) is 2.09. The highest BCUT2D eigenvalue weighted by Gasteiger charge is 2.16. The first-order valence-electron chi connectivity index (χ1n) is 12.3. The van der Waals surface area contributed by atoms with E-state index in [2.05, 4.69) is 10.1 Å². The molecule has 0 spiro atoms. The fourth-order valence-electron chi connectivity index (χ4n) is 3.96. The van der Waals surface area contributed by atoms with Gasteiger partial charge in [-0.3, -0.25) is 14.9 Å². The summed E-state index contributed by atoms with van der Waals surface area (Å²) in [5.74, 6) is 0.142. The van der Waals surface area contributed by atoms with Crippen molar-refractivity contribution >= 4 is 28.8 Å². The van der Waals surface area contributed by atoms with Crippen LogP contribution >= 0.6 is 0 Å². The molecule has 1 aromatic heterocycles. The minimum absolute atomic E-state index is 0.133. The number of esters is 1. The number of ether oxygens (including phenoxy) is 2. The van der Waals surface area contributed by atoms with E-state index in [1.165, 1.54) is 35.2 Å². The Labute approximate surface area is 227 Å². The first kappa shape index (κ1) is 26.0. The average Bonchev–Trinajstić information content (AvgIpc) is 2.98. The molecule has 5 aromatic rings. The molecule has 0 radical (unpaired) electrons. The molecule has 10 nitrogen and oxygen atoms in total. The molecule has 0 unspecified atom stereocenters. The van der Waals surface area contributed by atoms with Gasteiger partial charge in [0.1, 0.15) is 0 Å². The minimum Gasteiger partial charge on any atom is -0.490 e. The van der Waals surface area contributed by atoms with Gasteiger partial charge in [0, 0.05) is 17.7 Å². The van der Waals surface area contributed by atoms with Crippen LogP contribution in [0.5, 0.6) is 11.5 Å². The van der Waals surface area contributed by atoms with E-state index in [4.69, 9.17) is 9.47 Å². The van der Waals surface area contributed by atoms with Gasteiger partial charge >= 0.3 is 5.97 Å². The Hall–Kier alpha value is -5.64. The van der Waals surface area contributed by atoms with E-state index in [1.807, 2.05) is 36.4 Å². The summed E-state index contributed by atoms with van der Waals surface area (Å²) >= 11 is 0. The van der Waals surface area contributed by atoms with Crippen molar-refractivity contribution in [1.29, 1.82) is 0 Å². The molecular formula is C30H22N4O6. The third-order valence-corrected chi connectivity index (χ3v) is 5.89. The van der Waals surface area contributed by atoms with Crippen LogP contribution in [0, 0.1) is 10.1 Å². The van der Waals surface area contributed by atoms with Crippen molar-refractivity contribution in [3.8, 4) is 22.9 Å². The zero-order chi connectivity index (χ0) is 28.1. The molecule has 0 saturated heterocycles. The van der Waals surface area contributed by atoms with Crippen LogP contribution in [-0.4, -0.2) is 33.4 Å². The molecule has 4 aromatic carbocycles. The predicted octanol–water partition coefficient (Wildman–Crippen LogP) is 5.47. The van der Waals surface area contributed by atoms with Gasteiger partial charge in [0.15, 0.2) is 17.3 Å². The van der Waals surface area contributed by atoms with Crippen LogP contribution in [0.25, 0.3) is 22.3 Å². The van der Waals surface area contributed by atoms with Gasteiger partial charge in [0.05, 0.1) is 34.2 Å². The zero-order valence-corrected chi connectivity index (χ0v) is 21.3. The van der Waals surface area contributed by atoms with Crippen LogP contribution in [0.3, 0.4) is 0 Å². The first-order valence-corrected chi connectivity index (χ1v) is 12.3. The molecule has 0 aliphatic carbocycles. The number of nitro benzene ring substituents is 1. The van der Waals surface area contributed by atoms with Crippen molar-refractivity contribution < 1.29 is 19.2 Å². The van der Waals surface area contributed by atoms with Crippen molar-refractivity contribution in [2.75, 3.05) is 6.61 Å². The molecule has 10 heteroatoms. The van der Waals surface area contributed by atoms with Crippen LogP contribution in [0.1, 0.15) is 22.8 Å². The van der Waals surface area contributed by atoms with Crippen molar-refractivity contribution in [3.63, 3.8) is 0 Å². The van der Waals surface area contributed by atoms with Gasteiger partial charge in [-0.15, -0.1) is 0 Å². The largest absolute Gasteiger partial charge is 0.490 e. The maximum Gasteiger partial charge on any atom is 0.343 e. The van der Waals surface area contributed by atoms with Gasteiger partial charge in [-0.25, -0.2) is 9.78 Å². The van der Waals surface area contributed by atoms with Gasteiger partial charge in [0.25, 0.3) is 11.2 Å². The van der Waals surface area contributed by atoms with E-state index in [-0.39, 0.29) is 28.3 Å². The molecule has 198 valence electrons. The second-order valence-electron chi connectivity index (χ2n) is 8.51. The molecule has 0 aliphatic heterocycles. The van der Waals surface area contributed by atoms with E-state index in [0.29, 0.717) is 28.9 Å². The smallest absolute Gasteiger partial charge is 0.343 e. The van der Waals surface area contributed by atoms with Crippen molar-refractivity contribution in [2.24, 2.45) is 5.10 Å². The Morgan fingerprint density at radius 1 is 0.975 bits per heavy atom. The number of carbonyl (C=O) groups excluding carboxylic acids is 1. The number of hydrogen-bond donors (Lipinski definition) is 0. The number of nitrogens with zero attached hydrogens (tertiary/aromatic N) is 4. The van der Waals surface area contributed by atoms with Gasteiger partial charge in [-0.1, -0.05) is 42.5 Å². The first-order chi connectivity index (χ1) is 19.4. The second kappa shape index (κ2) is 11.4. The quantitative estimate of drug-likeness (QED) is 0.0849. The lowest BCUT2D eigenvalue weighted by molar-refractivity contribution is -0.384. The second-order valence-corrected chi connectivity index (χ2v) is 8.51. The van der Waals surface area contributed by atoms with Gasteiger partial charge < -0.3 is 9.47 Å². The van der Waals surface area contributed by atoms with E-state index >= 15 is 0 Å². The Morgan fingerprint density at radius 3 is 2.42 bits per heavy atom. The number of aromatic nitrogens is 2. The number of carbonyl (C=O) groups is 1. The van der Waals surface area contributed by atoms with Crippen LogP contribution in [0.4, 0.5) is 5.69 Å². The number of non-ortho nitro benzene ring substituents is 1. The Morgan fingerprint density at radius 2 is 1.70 bits per heavy atom. The number of para-hydroxylation sites is 1. The maximum absolute atomic E-state index is 13.4. The van der Waals surface area contributed by atoms with Crippen molar-refractivity contribution in [3.05, 3.63) is 129 Å². The number of rotatable bonds is 8. The summed E-state index contributed by atoms with van der Waals surface area (Å²) in [6, 6.07) is 26.3. The van der Waals surface area contributed by atoms with Crippen molar-refractivity contribution in [1.82, 2.24) is 9.66 Å². The molecule has 1 heterocycles. The lowest BCUT2D eigenvalue weighted by Gasteiger charge is -2.12. The topological polar surface area (TPSA) is 126 Å². The van der Waals surface area contributed by atoms with Crippen LogP contribution in [-0.2, 0) is 0 Å². The lowest BCUT2D eigenvalue weighted by Crippen LogP contribution is -2.20. The third kappa shape index (κ3) is 5.46. The molecule has 5 rings (SSSR count). The highest BCUT2D eigenvalue weighted by atomic mass is 16.6.